The van der Waals surface area contributed by atoms with E-state index in [1.54, 1.807) is 11.8 Å². The van der Waals surface area contributed by atoms with Crippen molar-refractivity contribution < 1.29 is 9.53 Å². The first-order valence-electron chi connectivity index (χ1n) is 6.50. The van der Waals surface area contributed by atoms with Gasteiger partial charge in [-0.3, -0.25) is 4.79 Å². The third kappa shape index (κ3) is 2.80. The van der Waals surface area contributed by atoms with Crippen LogP contribution in [0.2, 0.25) is 0 Å². The lowest BCUT2D eigenvalue weighted by molar-refractivity contribution is -0.134. The SMILES string of the molecule is CCSCC(=O)C1CCOC2(CCCC2)C1. The molecule has 1 heterocycles. The van der Waals surface area contributed by atoms with Crippen LogP contribution in [0.4, 0.5) is 0 Å². The monoisotopic (exact) mass is 242 g/mol. The second kappa shape index (κ2) is 5.54. The summed E-state index contributed by atoms with van der Waals surface area (Å²) in [5, 5.41) is 0. The molecule has 2 nitrogen and oxygen atoms in total. The van der Waals surface area contributed by atoms with E-state index in [2.05, 4.69) is 6.92 Å². The lowest BCUT2D eigenvalue weighted by Crippen LogP contribution is -2.40. The summed E-state index contributed by atoms with van der Waals surface area (Å²) in [4.78, 5) is 12.0. The molecule has 0 aromatic carbocycles. The summed E-state index contributed by atoms with van der Waals surface area (Å²) < 4.78 is 5.95. The van der Waals surface area contributed by atoms with Crippen LogP contribution in [0.3, 0.4) is 0 Å². The Bertz CT molecular complexity index is 246. The minimum atomic E-state index is 0.0927. The number of ketones is 1. The molecule has 0 aromatic rings. The van der Waals surface area contributed by atoms with E-state index in [-0.39, 0.29) is 11.5 Å². The number of Topliss-reactive ketones (excluding diaryl/α,β-unsaturated/α-hetero) is 1. The third-order valence-electron chi connectivity index (χ3n) is 3.91. The fraction of sp³-hybridized carbons (Fsp3) is 0.923. The van der Waals surface area contributed by atoms with Crippen molar-refractivity contribution in [3.05, 3.63) is 0 Å². The van der Waals surface area contributed by atoms with Gasteiger partial charge in [-0.1, -0.05) is 19.8 Å². The molecule has 1 spiro atoms. The van der Waals surface area contributed by atoms with Gasteiger partial charge >= 0.3 is 0 Å². The maximum Gasteiger partial charge on any atom is 0.146 e. The van der Waals surface area contributed by atoms with Crippen LogP contribution in [0.25, 0.3) is 0 Å². The highest BCUT2D eigenvalue weighted by atomic mass is 32.2. The van der Waals surface area contributed by atoms with Crippen molar-refractivity contribution in [2.45, 2.75) is 51.0 Å². The average Bonchev–Trinajstić information content (AvgIpc) is 2.74. The van der Waals surface area contributed by atoms with E-state index in [1.807, 2.05) is 0 Å². The summed E-state index contributed by atoms with van der Waals surface area (Å²) in [5.41, 5.74) is 0.0927. The fourth-order valence-corrected chi connectivity index (χ4v) is 3.63. The molecule has 1 saturated heterocycles. The molecular formula is C13H22O2S. The minimum absolute atomic E-state index is 0.0927. The summed E-state index contributed by atoms with van der Waals surface area (Å²) in [5.74, 6) is 2.49. The van der Waals surface area contributed by atoms with Gasteiger partial charge in [-0.05, 0) is 31.4 Å². The topological polar surface area (TPSA) is 26.3 Å². The smallest absolute Gasteiger partial charge is 0.146 e. The predicted molar refractivity (Wildman–Crippen MR) is 67.9 cm³/mol. The van der Waals surface area contributed by atoms with E-state index in [0.717, 1.165) is 25.2 Å². The summed E-state index contributed by atoms with van der Waals surface area (Å²) in [6.07, 6.45) is 6.87. The molecule has 92 valence electrons. The number of rotatable bonds is 4. The van der Waals surface area contributed by atoms with Gasteiger partial charge < -0.3 is 4.74 Å². The molecule has 1 atom stereocenters. The van der Waals surface area contributed by atoms with Crippen LogP contribution in [0, 0.1) is 5.92 Å². The first-order chi connectivity index (χ1) is 7.76. The lowest BCUT2D eigenvalue weighted by Gasteiger charge is -2.37. The molecule has 3 heteroatoms. The lowest BCUT2D eigenvalue weighted by atomic mass is 9.83. The molecular weight excluding hydrogens is 220 g/mol. The van der Waals surface area contributed by atoms with Crippen molar-refractivity contribution in [3.63, 3.8) is 0 Å². The van der Waals surface area contributed by atoms with Crippen LogP contribution in [0.5, 0.6) is 0 Å². The van der Waals surface area contributed by atoms with Gasteiger partial charge in [0, 0.05) is 12.5 Å². The largest absolute Gasteiger partial charge is 0.375 e. The van der Waals surface area contributed by atoms with Crippen LogP contribution in [-0.2, 0) is 9.53 Å². The Morgan fingerprint density at radius 3 is 2.88 bits per heavy atom. The van der Waals surface area contributed by atoms with Crippen LogP contribution < -0.4 is 0 Å². The number of hydrogen-bond donors (Lipinski definition) is 0. The maximum absolute atomic E-state index is 12.0. The molecule has 1 saturated carbocycles. The molecule has 2 fully saturated rings. The molecule has 1 aliphatic carbocycles. The van der Waals surface area contributed by atoms with Crippen molar-refractivity contribution in [2.24, 2.45) is 5.92 Å². The van der Waals surface area contributed by atoms with E-state index >= 15 is 0 Å². The molecule has 0 bridgehead atoms. The number of thioether (sulfide) groups is 1. The normalized spacial score (nSPS) is 28.4. The van der Waals surface area contributed by atoms with Gasteiger partial charge in [0.1, 0.15) is 5.78 Å². The van der Waals surface area contributed by atoms with Gasteiger partial charge in [0.25, 0.3) is 0 Å². The van der Waals surface area contributed by atoms with Gasteiger partial charge in [0.15, 0.2) is 0 Å². The zero-order valence-electron chi connectivity index (χ0n) is 10.2. The highest BCUT2D eigenvalue weighted by molar-refractivity contribution is 7.99. The van der Waals surface area contributed by atoms with Crippen LogP contribution in [0.1, 0.15) is 45.4 Å². The van der Waals surface area contributed by atoms with Crippen molar-refractivity contribution in [1.29, 1.82) is 0 Å². The highest BCUT2D eigenvalue weighted by Gasteiger charge is 2.41. The Morgan fingerprint density at radius 2 is 2.19 bits per heavy atom. The Labute approximate surface area is 103 Å². The van der Waals surface area contributed by atoms with Crippen molar-refractivity contribution in [3.8, 4) is 0 Å². The standard InChI is InChI=1S/C13H22O2S/c1-2-16-10-12(14)11-5-8-15-13(9-11)6-3-4-7-13/h11H,2-10H2,1H3. The number of hydrogen-bond acceptors (Lipinski definition) is 3. The Balaban J connectivity index is 1.88. The van der Waals surface area contributed by atoms with Gasteiger partial charge in [-0.15, -0.1) is 0 Å². The Kier molecular flexibility index (Phi) is 4.31. The second-order valence-electron chi connectivity index (χ2n) is 5.03. The summed E-state index contributed by atoms with van der Waals surface area (Å²) in [6.45, 7) is 2.91. The average molecular weight is 242 g/mol. The molecule has 0 radical (unpaired) electrons. The molecule has 0 aromatic heterocycles. The maximum atomic E-state index is 12.0. The molecule has 2 rings (SSSR count). The van der Waals surface area contributed by atoms with Gasteiger partial charge in [0.05, 0.1) is 11.4 Å². The Hall–Kier alpha value is -0.0200. The van der Waals surface area contributed by atoms with Gasteiger partial charge in [0.2, 0.25) is 0 Å². The Morgan fingerprint density at radius 1 is 1.44 bits per heavy atom. The van der Waals surface area contributed by atoms with E-state index < -0.39 is 0 Å². The molecule has 1 unspecified atom stereocenters. The van der Waals surface area contributed by atoms with E-state index in [4.69, 9.17) is 4.74 Å². The highest BCUT2D eigenvalue weighted by Crippen LogP contribution is 2.42. The van der Waals surface area contributed by atoms with Crippen molar-refractivity contribution in [1.82, 2.24) is 0 Å². The number of carbonyl (C=O) groups is 1. The molecule has 1 aliphatic heterocycles. The predicted octanol–water partition coefficient (Wildman–Crippen LogP) is 3.05. The first-order valence-corrected chi connectivity index (χ1v) is 7.66. The number of ether oxygens (including phenoxy) is 1. The minimum Gasteiger partial charge on any atom is -0.375 e. The van der Waals surface area contributed by atoms with E-state index in [0.29, 0.717) is 11.5 Å². The molecule has 0 N–H and O–H groups in total. The van der Waals surface area contributed by atoms with Crippen molar-refractivity contribution >= 4 is 17.5 Å². The van der Waals surface area contributed by atoms with E-state index in [1.165, 1.54) is 25.7 Å². The molecule has 0 amide bonds. The van der Waals surface area contributed by atoms with Crippen LogP contribution in [0.15, 0.2) is 0 Å². The van der Waals surface area contributed by atoms with Crippen LogP contribution >= 0.6 is 11.8 Å². The number of carbonyl (C=O) groups excluding carboxylic acids is 1. The summed E-state index contributed by atoms with van der Waals surface area (Å²) in [7, 11) is 0. The zero-order valence-corrected chi connectivity index (χ0v) is 11.0. The summed E-state index contributed by atoms with van der Waals surface area (Å²) >= 11 is 1.75. The second-order valence-corrected chi connectivity index (χ2v) is 6.31. The van der Waals surface area contributed by atoms with Crippen molar-refractivity contribution in [2.75, 3.05) is 18.1 Å². The van der Waals surface area contributed by atoms with Gasteiger partial charge in [-0.25, -0.2) is 0 Å². The quantitative estimate of drug-likeness (QED) is 0.758. The molecule has 16 heavy (non-hydrogen) atoms. The first kappa shape index (κ1) is 12.4. The van der Waals surface area contributed by atoms with E-state index in [9.17, 15) is 4.79 Å². The molecule has 2 aliphatic rings. The van der Waals surface area contributed by atoms with Gasteiger partial charge in [-0.2, -0.15) is 11.8 Å². The van der Waals surface area contributed by atoms with Crippen LogP contribution in [-0.4, -0.2) is 29.5 Å². The zero-order chi connectivity index (χ0) is 11.4. The summed E-state index contributed by atoms with van der Waals surface area (Å²) in [6, 6.07) is 0. The third-order valence-corrected chi connectivity index (χ3v) is 4.81. The fourth-order valence-electron chi connectivity index (χ4n) is 2.99.